The summed E-state index contributed by atoms with van der Waals surface area (Å²) in [5, 5.41) is 3.23. The zero-order valence-corrected chi connectivity index (χ0v) is 9.69. The van der Waals surface area contributed by atoms with Crippen molar-refractivity contribution in [1.29, 1.82) is 0 Å². The minimum atomic E-state index is -0.483. The molecule has 88 valence electrons. The lowest BCUT2D eigenvalue weighted by atomic mass is 9.90. The van der Waals surface area contributed by atoms with E-state index < -0.39 is 11.6 Å². The molecule has 1 aliphatic carbocycles. The van der Waals surface area contributed by atoms with Gasteiger partial charge < -0.3 is 5.32 Å². The fourth-order valence-corrected chi connectivity index (χ4v) is 2.35. The maximum absolute atomic E-state index is 13.1. The summed E-state index contributed by atoms with van der Waals surface area (Å²) in [5.41, 5.74) is 0.965. The zero-order valence-electron chi connectivity index (χ0n) is 9.69. The van der Waals surface area contributed by atoms with Crippen LogP contribution in [-0.4, -0.2) is 13.1 Å². The van der Waals surface area contributed by atoms with Gasteiger partial charge in [-0.15, -0.1) is 0 Å². The van der Waals surface area contributed by atoms with Crippen molar-refractivity contribution in [2.45, 2.75) is 32.2 Å². The summed E-state index contributed by atoms with van der Waals surface area (Å²) < 4.78 is 26.1. The molecule has 0 saturated heterocycles. The summed E-state index contributed by atoms with van der Waals surface area (Å²) in [6.07, 6.45) is 3.02. The molecule has 1 nitrogen and oxygen atoms in total. The fraction of sp³-hybridized carbons (Fsp3) is 0.538. The van der Waals surface area contributed by atoms with Crippen LogP contribution in [0.4, 0.5) is 8.78 Å². The van der Waals surface area contributed by atoms with Gasteiger partial charge in [-0.25, -0.2) is 8.78 Å². The molecule has 1 atom stereocenters. The van der Waals surface area contributed by atoms with Crippen LogP contribution in [0.15, 0.2) is 18.2 Å². The molecule has 0 radical (unpaired) electrons. The van der Waals surface area contributed by atoms with E-state index in [9.17, 15) is 8.78 Å². The highest BCUT2D eigenvalue weighted by Crippen LogP contribution is 2.51. The van der Waals surface area contributed by atoms with Gasteiger partial charge in [-0.3, -0.25) is 0 Å². The van der Waals surface area contributed by atoms with Crippen LogP contribution in [0, 0.1) is 17.0 Å². The van der Waals surface area contributed by atoms with Crippen LogP contribution in [0.2, 0.25) is 0 Å². The van der Waals surface area contributed by atoms with E-state index in [4.69, 9.17) is 0 Å². The molecular weight excluding hydrogens is 208 g/mol. The van der Waals surface area contributed by atoms with Gasteiger partial charge in [0.25, 0.3) is 0 Å². The number of nitrogens with one attached hydrogen (secondary N) is 1. The van der Waals surface area contributed by atoms with Gasteiger partial charge in [-0.05, 0) is 56.3 Å². The van der Waals surface area contributed by atoms with Crippen molar-refractivity contribution < 1.29 is 8.78 Å². The van der Waals surface area contributed by atoms with Crippen molar-refractivity contribution in [2.24, 2.45) is 5.41 Å². The largest absolute Gasteiger partial charge is 0.317 e. The summed E-state index contributed by atoms with van der Waals surface area (Å²) in [5.74, 6) is -0.967. The standard InChI is InChI=1S/C13H17F2N/c1-9(16-2)13(3-4-13)8-10-5-11(14)7-12(15)6-10/h5-7,9,16H,3-4,8H2,1-2H3. The van der Waals surface area contributed by atoms with Crippen LogP contribution >= 0.6 is 0 Å². The van der Waals surface area contributed by atoms with E-state index in [0.717, 1.165) is 30.9 Å². The van der Waals surface area contributed by atoms with Gasteiger partial charge >= 0.3 is 0 Å². The summed E-state index contributed by atoms with van der Waals surface area (Å²) in [7, 11) is 1.93. The van der Waals surface area contributed by atoms with E-state index in [1.807, 2.05) is 7.05 Å². The van der Waals surface area contributed by atoms with Crippen molar-refractivity contribution in [3.8, 4) is 0 Å². The Bertz CT molecular complexity index is 365. The molecule has 3 heteroatoms. The summed E-state index contributed by atoms with van der Waals surface area (Å²) in [6, 6.07) is 4.18. The lowest BCUT2D eigenvalue weighted by molar-refractivity contribution is 0.368. The monoisotopic (exact) mass is 225 g/mol. The van der Waals surface area contributed by atoms with Gasteiger partial charge in [0.05, 0.1) is 0 Å². The van der Waals surface area contributed by atoms with E-state index in [1.165, 1.54) is 12.1 Å². The topological polar surface area (TPSA) is 12.0 Å². The van der Waals surface area contributed by atoms with E-state index in [-0.39, 0.29) is 5.41 Å². The number of benzene rings is 1. The molecule has 1 N–H and O–H groups in total. The maximum Gasteiger partial charge on any atom is 0.126 e. The zero-order chi connectivity index (χ0) is 11.8. The lowest BCUT2D eigenvalue weighted by Crippen LogP contribution is -2.33. The first kappa shape index (κ1) is 11.5. The second kappa shape index (κ2) is 4.13. The molecular formula is C13H17F2N. The Morgan fingerprint density at radius 2 is 1.81 bits per heavy atom. The third-order valence-corrected chi connectivity index (χ3v) is 3.72. The Hall–Kier alpha value is -0.960. The predicted octanol–water partition coefficient (Wildman–Crippen LogP) is 2.90. The fourth-order valence-electron chi connectivity index (χ4n) is 2.35. The second-order valence-corrected chi connectivity index (χ2v) is 4.83. The molecule has 0 aromatic heterocycles. The SMILES string of the molecule is CNC(C)C1(Cc2cc(F)cc(F)c2)CC1. The first-order chi connectivity index (χ1) is 7.55. The van der Waals surface area contributed by atoms with Gasteiger partial charge in [0.15, 0.2) is 0 Å². The molecule has 1 aliphatic rings. The van der Waals surface area contributed by atoms with Crippen LogP contribution in [-0.2, 0) is 6.42 Å². The Labute approximate surface area is 94.9 Å². The molecule has 2 rings (SSSR count). The smallest absolute Gasteiger partial charge is 0.126 e. The Kier molecular flexibility index (Phi) is 2.98. The minimum Gasteiger partial charge on any atom is -0.317 e. The molecule has 1 fully saturated rings. The van der Waals surface area contributed by atoms with Crippen molar-refractivity contribution in [1.82, 2.24) is 5.32 Å². The average molecular weight is 225 g/mol. The van der Waals surface area contributed by atoms with Crippen LogP contribution in [0.5, 0.6) is 0 Å². The molecule has 1 unspecified atom stereocenters. The normalized spacial score (nSPS) is 19.5. The highest BCUT2D eigenvalue weighted by molar-refractivity contribution is 5.22. The van der Waals surface area contributed by atoms with Crippen LogP contribution in [0.3, 0.4) is 0 Å². The Morgan fingerprint density at radius 3 is 2.25 bits per heavy atom. The summed E-state index contributed by atoms with van der Waals surface area (Å²) >= 11 is 0. The average Bonchev–Trinajstić information content (AvgIpc) is 2.96. The summed E-state index contributed by atoms with van der Waals surface area (Å²) in [6.45, 7) is 2.13. The van der Waals surface area contributed by atoms with E-state index >= 15 is 0 Å². The van der Waals surface area contributed by atoms with Gasteiger partial charge in [0.2, 0.25) is 0 Å². The number of halogens is 2. The summed E-state index contributed by atoms with van der Waals surface area (Å²) in [4.78, 5) is 0. The molecule has 0 bridgehead atoms. The van der Waals surface area contributed by atoms with Crippen LogP contribution < -0.4 is 5.32 Å². The third kappa shape index (κ3) is 2.24. The molecule has 0 aliphatic heterocycles. The van der Waals surface area contributed by atoms with Crippen molar-refractivity contribution in [3.05, 3.63) is 35.4 Å². The van der Waals surface area contributed by atoms with Crippen LogP contribution in [0.1, 0.15) is 25.3 Å². The molecule has 1 aromatic carbocycles. The Balaban J connectivity index is 2.15. The maximum atomic E-state index is 13.1. The number of hydrogen-bond acceptors (Lipinski definition) is 1. The minimum absolute atomic E-state index is 0.203. The number of hydrogen-bond donors (Lipinski definition) is 1. The Morgan fingerprint density at radius 1 is 1.25 bits per heavy atom. The molecule has 0 heterocycles. The highest BCUT2D eigenvalue weighted by atomic mass is 19.1. The molecule has 0 spiro atoms. The predicted molar refractivity (Wildman–Crippen MR) is 60.3 cm³/mol. The van der Waals surface area contributed by atoms with Gasteiger partial charge in [0.1, 0.15) is 11.6 Å². The third-order valence-electron chi connectivity index (χ3n) is 3.72. The van der Waals surface area contributed by atoms with Crippen molar-refractivity contribution in [2.75, 3.05) is 7.05 Å². The van der Waals surface area contributed by atoms with Gasteiger partial charge in [0, 0.05) is 12.1 Å². The highest BCUT2D eigenvalue weighted by Gasteiger charge is 2.46. The second-order valence-electron chi connectivity index (χ2n) is 4.83. The first-order valence-electron chi connectivity index (χ1n) is 5.68. The molecule has 1 saturated carbocycles. The molecule has 0 amide bonds. The van der Waals surface area contributed by atoms with Crippen molar-refractivity contribution in [3.63, 3.8) is 0 Å². The van der Waals surface area contributed by atoms with E-state index in [2.05, 4.69) is 12.2 Å². The number of rotatable bonds is 4. The first-order valence-corrected chi connectivity index (χ1v) is 5.68. The quantitative estimate of drug-likeness (QED) is 0.830. The van der Waals surface area contributed by atoms with E-state index in [1.54, 1.807) is 0 Å². The van der Waals surface area contributed by atoms with E-state index in [0.29, 0.717) is 6.04 Å². The van der Waals surface area contributed by atoms with Crippen molar-refractivity contribution >= 4 is 0 Å². The van der Waals surface area contributed by atoms with Gasteiger partial charge in [-0.1, -0.05) is 0 Å². The molecule has 1 aromatic rings. The van der Waals surface area contributed by atoms with Gasteiger partial charge in [-0.2, -0.15) is 0 Å². The van der Waals surface area contributed by atoms with Crippen LogP contribution in [0.25, 0.3) is 0 Å². The molecule has 16 heavy (non-hydrogen) atoms. The lowest BCUT2D eigenvalue weighted by Gasteiger charge is -2.23.